The van der Waals surface area contributed by atoms with Crippen molar-refractivity contribution in [3.05, 3.63) is 59.6 Å². The lowest BCUT2D eigenvalue weighted by Crippen LogP contribution is -2.42. The van der Waals surface area contributed by atoms with Crippen molar-refractivity contribution >= 4 is 40.3 Å². The van der Waals surface area contributed by atoms with E-state index in [-0.39, 0.29) is 17.9 Å². The van der Waals surface area contributed by atoms with Crippen LogP contribution in [0, 0.1) is 11.8 Å². The Morgan fingerprint density at radius 1 is 1.09 bits per heavy atom. The van der Waals surface area contributed by atoms with Gasteiger partial charge >= 0.3 is 0 Å². The number of hydrogen-bond acceptors (Lipinski definition) is 5. The number of thiophene rings is 1. The molecule has 1 saturated carbocycles. The Morgan fingerprint density at radius 3 is 2.46 bits per heavy atom. The summed E-state index contributed by atoms with van der Waals surface area (Å²) in [5.74, 6) is 1.63. The molecule has 0 N–H and O–H groups in total. The van der Waals surface area contributed by atoms with Gasteiger partial charge < -0.3 is 9.32 Å². The fourth-order valence-electron chi connectivity index (χ4n) is 4.98. The first-order valence-corrected chi connectivity index (χ1v) is 13.1. The standard InChI is InChI=1S/C29H30N2O3S/c1-18(2)31(29(33)22-8-6-19(3)7-9-22)24-16-27(35-28(24)17-32)21-12-10-20(11-13-21)26-15-23-25(34-26)5-4-14-30-23/h4-5,10-19,22H,6-9H2,1-3H3. The maximum atomic E-state index is 13.5. The smallest absolute Gasteiger partial charge is 0.230 e. The molecule has 1 amide bonds. The molecule has 1 aromatic carbocycles. The van der Waals surface area contributed by atoms with E-state index in [1.807, 2.05) is 67.3 Å². The molecule has 0 saturated heterocycles. The van der Waals surface area contributed by atoms with Crippen LogP contribution in [0.2, 0.25) is 0 Å². The molecule has 0 aliphatic heterocycles. The molecule has 5 nitrogen and oxygen atoms in total. The molecular formula is C29H30N2O3S. The summed E-state index contributed by atoms with van der Waals surface area (Å²) in [6, 6.07) is 15.8. The van der Waals surface area contributed by atoms with Gasteiger partial charge in [0.15, 0.2) is 11.9 Å². The summed E-state index contributed by atoms with van der Waals surface area (Å²) >= 11 is 1.43. The van der Waals surface area contributed by atoms with E-state index in [1.165, 1.54) is 11.3 Å². The molecule has 6 heteroatoms. The topological polar surface area (TPSA) is 63.4 Å². The Hall–Kier alpha value is -3.25. The molecule has 0 atom stereocenters. The Kier molecular flexibility index (Phi) is 6.56. The van der Waals surface area contributed by atoms with Crippen LogP contribution in [0.15, 0.2) is 59.1 Å². The van der Waals surface area contributed by atoms with Crippen molar-refractivity contribution in [2.24, 2.45) is 11.8 Å². The lowest BCUT2D eigenvalue weighted by Gasteiger charge is -2.33. The Balaban J connectivity index is 1.43. The van der Waals surface area contributed by atoms with Crippen molar-refractivity contribution < 1.29 is 14.0 Å². The van der Waals surface area contributed by atoms with E-state index in [4.69, 9.17) is 4.42 Å². The summed E-state index contributed by atoms with van der Waals surface area (Å²) in [4.78, 5) is 33.3. The van der Waals surface area contributed by atoms with E-state index in [9.17, 15) is 9.59 Å². The van der Waals surface area contributed by atoms with Crippen LogP contribution in [0.3, 0.4) is 0 Å². The molecule has 0 unspecified atom stereocenters. The number of hydrogen-bond donors (Lipinski definition) is 0. The SMILES string of the molecule is CC1CCC(C(=O)N(c2cc(-c3ccc(-c4cc5ncccc5o4)cc3)sc2C=O)C(C)C)CC1. The Labute approximate surface area is 209 Å². The Morgan fingerprint density at radius 2 is 1.80 bits per heavy atom. The number of carbonyl (C=O) groups excluding carboxylic acids is 2. The molecule has 0 bridgehead atoms. The summed E-state index contributed by atoms with van der Waals surface area (Å²) in [6.45, 7) is 6.30. The second-order valence-corrected chi connectivity index (χ2v) is 10.9. The molecule has 1 aliphatic carbocycles. The average Bonchev–Trinajstić information content (AvgIpc) is 3.49. The summed E-state index contributed by atoms with van der Waals surface area (Å²) in [7, 11) is 0. The van der Waals surface area contributed by atoms with Gasteiger partial charge in [0, 0.05) is 34.7 Å². The minimum atomic E-state index is -0.0212. The van der Waals surface area contributed by atoms with Crippen molar-refractivity contribution in [2.45, 2.75) is 52.5 Å². The number of fused-ring (bicyclic) bond motifs is 1. The van der Waals surface area contributed by atoms with Gasteiger partial charge in [0.1, 0.15) is 11.3 Å². The largest absolute Gasteiger partial charge is 0.454 e. The number of nitrogens with zero attached hydrogens (tertiary/aromatic N) is 2. The van der Waals surface area contributed by atoms with Gasteiger partial charge in [0.05, 0.1) is 10.6 Å². The molecular weight excluding hydrogens is 456 g/mol. The lowest BCUT2D eigenvalue weighted by atomic mass is 9.82. The van der Waals surface area contributed by atoms with Gasteiger partial charge in [0.2, 0.25) is 5.91 Å². The van der Waals surface area contributed by atoms with Crippen LogP contribution in [0.1, 0.15) is 56.1 Å². The van der Waals surface area contributed by atoms with Crippen LogP contribution >= 0.6 is 11.3 Å². The van der Waals surface area contributed by atoms with Crippen molar-refractivity contribution in [3.63, 3.8) is 0 Å². The van der Waals surface area contributed by atoms with E-state index in [0.29, 0.717) is 10.8 Å². The van der Waals surface area contributed by atoms with Gasteiger partial charge in [0.25, 0.3) is 0 Å². The number of amides is 1. The number of furan rings is 1. The quantitative estimate of drug-likeness (QED) is 0.263. The van der Waals surface area contributed by atoms with Crippen molar-refractivity contribution in [3.8, 4) is 21.8 Å². The predicted molar refractivity (Wildman–Crippen MR) is 142 cm³/mol. The molecule has 0 radical (unpaired) electrons. The maximum absolute atomic E-state index is 13.5. The second kappa shape index (κ2) is 9.78. The molecule has 1 fully saturated rings. The van der Waals surface area contributed by atoms with E-state index >= 15 is 0 Å². The molecule has 3 aromatic heterocycles. The molecule has 35 heavy (non-hydrogen) atoms. The molecule has 3 heterocycles. The van der Waals surface area contributed by atoms with E-state index < -0.39 is 0 Å². The van der Waals surface area contributed by atoms with Gasteiger partial charge in [-0.2, -0.15) is 0 Å². The number of carbonyl (C=O) groups is 2. The summed E-state index contributed by atoms with van der Waals surface area (Å²) in [5.41, 5.74) is 4.28. The van der Waals surface area contributed by atoms with Crippen molar-refractivity contribution in [1.29, 1.82) is 0 Å². The molecule has 0 spiro atoms. The molecule has 5 rings (SSSR count). The van der Waals surface area contributed by atoms with Crippen LogP contribution < -0.4 is 4.90 Å². The van der Waals surface area contributed by atoms with Gasteiger partial charge in [-0.15, -0.1) is 11.3 Å². The third kappa shape index (κ3) is 4.67. The van der Waals surface area contributed by atoms with Gasteiger partial charge in [-0.25, -0.2) is 0 Å². The fraction of sp³-hybridized carbons (Fsp3) is 0.345. The van der Waals surface area contributed by atoms with Gasteiger partial charge in [-0.3, -0.25) is 14.6 Å². The number of pyridine rings is 1. The number of anilines is 1. The highest BCUT2D eigenvalue weighted by atomic mass is 32.1. The highest BCUT2D eigenvalue weighted by molar-refractivity contribution is 7.17. The number of benzene rings is 1. The normalized spacial score (nSPS) is 18.2. The molecule has 180 valence electrons. The van der Waals surface area contributed by atoms with Crippen molar-refractivity contribution in [1.82, 2.24) is 4.98 Å². The minimum absolute atomic E-state index is 0.0212. The third-order valence-electron chi connectivity index (χ3n) is 6.97. The number of aromatic nitrogens is 1. The van der Waals surface area contributed by atoms with E-state index in [2.05, 4.69) is 11.9 Å². The van der Waals surface area contributed by atoms with Crippen LogP contribution in [-0.2, 0) is 4.79 Å². The summed E-state index contributed by atoms with van der Waals surface area (Å²) in [6.07, 6.45) is 6.66. The highest BCUT2D eigenvalue weighted by Crippen LogP contribution is 2.39. The predicted octanol–water partition coefficient (Wildman–Crippen LogP) is 7.60. The molecule has 4 aromatic rings. The van der Waals surface area contributed by atoms with Gasteiger partial charge in [-0.05, 0) is 69.2 Å². The highest BCUT2D eigenvalue weighted by Gasteiger charge is 2.32. The summed E-state index contributed by atoms with van der Waals surface area (Å²) in [5, 5.41) is 0. The van der Waals surface area contributed by atoms with E-state index in [1.54, 1.807) is 6.20 Å². The van der Waals surface area contributed by atoms with Crippen molar-refractivity contribution in [2.75, 3.05) is 4.90 Å². The third-order valence-corrected chi connectivity index (χ3v) is 8.07. The summed E-state index contributed by atoms with van der Waals surface area (Å²) < 4.78 is 5.94. The van der Waals surface area contributed by atoms with Crippen LogP contribution in [0.5, 0.6) is 0 Å². The number of rotatable bonds is 6. The average molecular weight is 487 g/mol. The van der Waals surface area contributed by atoms with Crippen LogP contribution in [0.25, 0.3) is 32.9 Å². The Bertz CT molecular complexity index is 1310. The van der Waals surface area contributed by atoms with Gasteiger partial charge in [-0.1, -0.05) is 31.2 Å². The zero-order valence-electron chi connectivity index (χ0n) is 20.4. The zero-order chi connectivity index (χ0) is 24.5. The van der Waals surface area contributed by atoms with Crippen LogP contribution in [-0.4, -0.2) is 23.2 Å². The first-order chi connectivity index (χ1) is 16.9. The first-order valence-electron chi connectivity index (χ1n) is 12.3. The second-order valence-electron chi connectivity index (χ2n) is 9.81. The molecule has 1 aliphatic rings. The minimum Gasteiger partial charge on any atom is -0.454 e. The number of aldehydes is 1. The first kappa shape index (κ1) is 23.5. The maximum Gasteiger partial charge on any atom is 0.230 e. The zero-order valence-corrected chi connectivity index (χ0v) is 21.2. The van der Waals surface area contributed by atoms with Crippen LogP contribution in [0.4, 0.5) is 5.69 Å². The monoisotopic (exact) mass is 486 g/mol. The fourth-order valence-corrected chi connectivity index (χ4v) is 5.95. The van der Waals surface area contributed by atoms with E-state index in [0.717, 1.165) is 70.5 Å². The lowest BCUT2D eigenvalue weighted by molar-refractivity contribution is -0.123.